The number of nitrogens with one attached hydrogen (secondary N) is 1. The Hall–Kier alpha value is -3.00. The molecule has 1 saturated carbocycles. The fourth-order valence-corrected chi connectivity index (χ4v) is 6.22. The van der Waals surface area contributed by atoms with Gasteiger partial charge in [-0.25, -0.2) is 0 Å². The Kier molecular flexibility index (Phi) is 6.72. The van der Waals surface area contributed by atoms with Crippen molar-refractivity contribution in [2.24, 2.45) is 5.92 Å². The lowest BCUT2D eigenvalue weighted by molar-refractivity contribution is -0.145. The van der Waals surface area contributed by atoms with E-state index in [0.29, 0.717) is 17.8 Å². The zero-order valence-corrected chi connectivity index (χ0v) is 21.8. The van der Waals surface area contributed by atoms with E-state index in [9.17, 15) is 4.79 Å². The molecule has 8 heteroatoms. The zero-order valence-electron chi connectivity index (χ0n) is 20.2. The fourth-order valence-electron chi connectivity index (χ4n) is 5.58. The van der Waals surface area contributed by atoms with E-state index in [-0.39, 0.29) is 24.4 Å². The van der Waals surface area contributed by atoms with Crippen molar-refractivity contribution < 1.29 is 14.4 Å². The molecule has 2 aromatic carbocycles. The van der Waals surface area contributed by atoms with Gasteiger partial charge in [0.15, 0.2) is 0 Å². The van der Waals surface area contributed by atoms with Crippen LogP contribution in [0.2, 0.25) is 0 Å². The number of carboxylic acids is 1. The highest BCUT2D eigenvalue weighted by molar-refractivity contribution is 7.08. The topological polar surface area (TPSA) is 88.2 Å². The summed E-state index contributed by atoms with van der Waals surface area (Å²) in [6.07, 6.45) is 3.46. The first-order chi connectivity index (χ1) is 17.0. The summed E-state index contributed by atoms with van der Waals surface area (Å²) in [7, 11) is 0. The SMILES string of the molecule is Cc1cc(-c2nc(-c3ccc4c(c3)CCC4NC3CC(C(=O)O)C3)no2)cc(C)c1-c1ccsc1.Cl. The second kappa shape index (κ2) is 9.81. The number of halogens is 1. The Morgan fingerprint density at radius 3 is 2.56 bits per heavy atom. The molecule has 2 heterocycles. The number of benzene rings is 2. The number of carbonyl (C=O) groups is 1. The number of hydrogen-bond acceptors (Lipinski definition) is 6. The lowest BCUT2D eigenvalue weighted by Gasteiger charge is -2.35. The molecule has 186 valence electrons. The fraction of sp³-hybridized carbons (Fsp3) is 0.321. The first-order valence-electron chi connectivity index (χ1n) is 12.1. The van der Waals surface area contributed by atoms with Gasteiger partial charge in [-0.1, -0.05) is 17.3 Å². The van der Waals surface area contributed by atoms with Crippen LogP contribution in [0.5, 0.6) is 0 Å². The molecule has 6 rings (SSSR count). The Balaban J connectivity index is 0.00000267. The maximum absolute atomic E-state index is 11.1. The van der Waals surface area contributed by atoms with Gasteiger partial charge in [-0.05, 0) is 108 Å². The first kappa shape index (κ1) is 24.7. The van der Waals surface area contributed by atoms with Crippen molar-refractivity contribution in [1.82, 2.24) is 15.5 Å². The average Bonchev–Trinajstić information content (AvgIpc) is 3.56. The van der Waals surface area contributed by atoms with Crippen LogP contribution in [0.3, 0.4) is 0 Å². The summed E-state index contributed by atoms with van der Waals surface area (Å²) in [5.74, 6) is 0.256. The first-order valence-corrected chi connectivity index (χ1v) is 13.0. The third-order valence-electron chi connectivity index (χ3n) is 7.42. The number of nitrogens with zero attached hydrogens (tertiary/aromatic N) is 2. The summed E-state index contributed by atoms with van der Waals surface area (Å²) in [6, 6.07) is 13.3. The molecule has 0 spiro atoms. The maximum Gasteiger partial charge on any atom is 0.306 e. The van der Waals surface area contributed by atoms with Crippen LogP contribution in [0.15, 0.2) is 51.7 Å². The molecule has 4 aromatic rings. The minimum atomic E-state index is -0.678. The van der Waals surface area contributed by atoms with E-state index in [1.807, 2.05) is 0 Å². The van der Waals surface area contributed by atoms with Crippen molar-refractivity contribution in [3.05, 3.63) is 69.4 Å². The van der Waals surface area contributed by atoms with Crippen molar-refractivity contribution in [3.8, 4) is 34.0 Å². The van der Waals surface area contributed by atoms with Crippen molar-refractivity contribution >= 4 is 29.7 Å². The Bertz CT molecular complexity index is 1390. The molecule has 1 atom stereocenters. The van der Waals surface area contributed by atoms with Gasteiger partial charge >= 0.3 is 5.97 Å². The van der Waals surface area contributed by atoms with Crippen molar-refractivity contribution in [3.63, 3.8) is 0 Å². The lowest BCUT2D eigenvalue weighted by atomic mass is 9.80. The van der Waals surface area contributed by atoms with Gasteiger partial charge < -0.3 is 14.9 Å². The standard InChI is InChI=1S/C28H27N3O3S.ClH/c1-15-9-20(10-16(2)25(15)19-7-8-35-14-19)27-30-26(31-34-27)18-3-5-23-17(11-18)4-6-24(23)29-22-12-21(13-22)28(32)33;/h3,5,7-11,14,21-22,24,29H,4,6,12-13H2,1-2H3,(H,32,33);1H. The van der Waals surface area contributed by atoms with E-state index in [4.69, 9.17) is 14.6 Å². The van der Waals surface area contributed by atoms with Crippen LogP contribution >= 0.6 is 23.7 Å². The Morgan fingerprint density at radius 1 is 1.08 bits per heavy atom. The van der Waals surface area contributed by atoms with Crippen LogP contribution in [-0.2, 0) is 11.2 Å². The number of fused-ring (bicyclic) bond motifs is 1. The van der Waals surface area contributed by atoms with Crippen LogP contribution in [0.25, 0.3) is 34.0 Å². The summed E-state index contributed by atoms with van der Waals surface area (Å²) in [5, 5.41) is 21.3. The van der Waals surface area contributed by atoms with Crippen molar-refractivity contribution in [2.45, 2.75) is 51.6 Å². The number of carboxylic acid groups (broad SMARTS) is 1. The minimum Gasteiger partial charge on any atom is -0.481 e. The predicted molar refractivity (Wildman–Crippen MR) is 144 cm³/mol. The maximum atomic E-state index is 11.1. The molecule has 2 aliphatic carbocycles. The van der Waals surface area contributed by atoms with Gasteiger partial charge in [-0.15, -0.1) is 12.4 Å². The van der Waals surface area contributed by atoms with E-state index < -0.39 is 5.97 Å². The van der Waals surface area contributed by atoms with E-state index in [1.165, 1.54) is 33.4 Å². The Labute approximate surface area is 220 Å². The average molecular weight is 522 g/mol. The van der Waals surface area contributed by atoms with E-state index in [2.05, 4.69) is 71.5 Å². The molecule has 0 saturated heterocycles. The smallest absolute Gasteiger partial charge is 0.306 e. The number of hydrogen-bond donors (Lipinski definition) is 2. The highest BCUT2D eigenvalue weighted by Gasteiger charge is 2.36. The summed E-state index contributed by atoms with van der Waals surface area (Å²) in [5.41, 5.74) is 9.37. The molecule has 0 amide bonds. The lowest BCUT2D eigenvalue weighted by Crippen LogP contribution is -2.45. The molecule has 0 bridgehead atoms. The van der Waals surface area contributed by atoms with Gasteiger partial charge in [0, 0.05) is 23.2 Å². The molecule has 2 N–H and O–H groups in total. The molecule has 36 heavy (non-hydrogen) atoms. The number of aryl methyl sites for hydroxylation is 3. The normalized spacial score (nSPS) is 20.4. The largest absolute Gasteiger partial charge is 0.481 e. The van der Waals surface area contributed by atoms with Gasteiger partial charge in [-0.3, -0.25) is 4.79 Å². The van der Waals surface area contributed by atoms with Crippen molar-refractivity contribution in [2.75, 3.05) is 0 Å². The zero-order chi connectivity index (χ0) is 24.1. The van der Waals surface area contributed by atoms with Gasteiger partial charge in [0.2, 0.25) is 5.82 Å². The van der Waals surface area contributed by atoms with Crippen LogP contribution in [0.4, 0.5) is 0 Å². The Morgan fingerprint density at radius 2 is 1.86 bits per heavy atom. The highest BCUT2D eigenvalue weighted by atomic mass is 35.5. The highest BCUT2D eigenvalue weighted by Crippen LogP contribution is 2.38. The van der Waals surface area contributed by atoms with E-state index in [1.54, 1.807) is 11.3 Å². The number of rotatable bonds is 6. The van der Waals surface area contributed by atoms with Gasteiger partial charge in [0.1, 0.15) is 0 Å². The van der Waals surface area contributed by atoms with E-state index in [0.717, 1.165) is 36.8 Å². The monoisotopic (exact) mass is 521 g/mol. The third kappa shape index (κ3) is 4.47. The number of aliphatic carboxylic acids is 1. The second-order valence-electron chi connectivity index (χ2n) is 9.80. The summed E-state index contributed by atoms with van der Waals surface area (Å²) < 4.78 is 5.67. The van der Waals surface area contributed by atoms with Crippen LogP contribution in [0, 0.1) is 19.8 Å². The number of aromatic nitrogens is 2. The molecule has 1 fully saturated rings. The minimum absolute atomic E-state index is 0. The van der Waals surface area contributed by atoms with Crippen molar-refractivity contribution in [1.29, 1.82) is 0 Å². The second-order valence-corrected chi connectivity index (χ2v) is 10.6. The molecule has 0 aliphatic heterocycles. The van der Waals surface area contributed by atoms with Gasteiger partial charge in [0.05, 0.1) is 5.92 Å². The predicted octanol–water partition coefficient (Wildman–Crippen LogP) is 6.61. The third-order valence-corrected chi connectivity index (χ3v) is 8.10. The molecule has 1 unspecified atom stereocenters. The van der Waals surface area contributed by atoms with Gasteiger partial charge in [0.25, 0.3) is 5.89 Å². The van der Waals surface area contributed by atoms with Crippen LogP contribution < -0.4 is 5.32 Å². The van der Waals surface area contributed by atoms with Crippen LogP contribution in [0.1, 0.15) is 47.6 Å². The quantitative estimate of drug-likeness (QED) is 0.297. The van der Waals surface area contributed by atoms with Gasteiger partial charge in [-0.2, -0.15) is 16.3 Å². The molecular weight excluding hydrogens is 494 g/mol. The molecular formula is C28H28ClN3O3S. The number of thiophene rings is 1. The molecule has 6 nitrogen and oxygen atoms in total. The molecule has 0 radical (unpaired) electrons. The summed E-state index contributed by atoms with van der Waals surface area (Å²) in [6.45, 7) is 4.24. The molecule has 2 aliphatic rings. The van der Waals surface area contributed by atoms with Crippen LogP contribution in [-0.4, -0.2) is 27.3 Å². The molecule has 2 aromatic heterocycles. The van der Waals surface area contributed by atoms with E-state index >= 15 is 0 Å². The summed E-state index contributed by atoms with van der Waals surface area (Å²) in [4.78, 5) is 15.8. The summed E-state index contributed by atoms with van der Waals surface area (Å²) >= 11 is 1.70.